The molecule has 0 spiro atoms. The van der Waals surface area contributed by atoms with E-state index in [1.165, 1.54) is 0 Å². The number of ketones is 1. The Labute approximate surface area is 121 Å². The first-order chi connectivity index (χ1) is 10.1. The largest absolute Gasteiger partial charge is 0.497 e. The zero-order valence-electron chi connectivity index (χ0n) is 11.6. The average Bonchev–Trinajstić information content (AvgIpc) is 2.88. The van der Waals surface area contributed by atoms with E-state index in [1.807, 2.05) is 0 Å². The van der Waals surface area contributed by atoms with E-state index in [1.54, 1.807) is 31.4 Å². The first kappa shape index (κ1) is 13.6. The van der Waals surface area contributed by atoms with Crippen LogP contribution >= 0.6 is 0 Å². The van der Waals surface area contributed by atoms with Crippen LogP contribution in [0.3, 0.4) is 0 Å². The van der Waals surface area contributed by atoms with Crippen molar-refractivity contribution in [1.29, 1.82) is 0 Å². The van der Waals surface area contributed by atoms with Crippen LogP contribution in [0.2, 0.25) is 0 Å². The van der Waals surface area contributed by atoms with Crippen molar-refractivity contribution in [2.24, 2.45) is 0 Å². The Morgan fingerprint density at radius 3 is 2.62 bits per heavy atom. The van der Waals surface area contributed by atoms with Gasteiger partial charge < -0.3 is 9.47 Å². The summed E-state index contributed by atoms with van der Waals surface area (Å²) in [5.74, 6) is 0.489. The third-order valence-corrected chi connectivity index (χ3v) is 3.95. The van der Waals surface area contributed by atoms with Crippen LogP contribution in [-0.4, -0.2) is 24.0 Å². The van der Waals surface area contributed by atoms with Crippen LogP contribution in [0, 0.1) is 10.1 Å². The van der Waals surface area contributed by atoms with E-state index < -0.39 is 17.1 Å². The summed E-state index contributed by atoms with van der Waals surface area (Å²) >= 11 is 0. The number of hydrogen-bond acceptors (Lipinski definition) is 5. The van der Waals surface area contributed by atoms with Gasteiger partial charge in [0, 0.05) is 12.8 Å². The van der Waals surface area contributed by atoms with E-state index in [4.69, 9.17) is 9.47 Å². The highest BCUT2D eigenvalue weighted by molar-refractivity contribution is 5.98. The van der Waals surface area contributed by atoms with Crippen LogP contribution in [0.25, 0.3) is 0 Å². The molecular weight excluding hydrogens is 274 g/mol. The summed E-state index contributed by atoms with van der Waals surface area (Å²) in [6.07, 6.45) is 0.500. The van der Waals surface area contributed by atoms with Gasteiger partial charge in [-0.2, -0.15) is 0 Å². The molecule has 0 saturated carbocycles. The molecule has 1 aromatic carbocycles. The molecule has 3 rings (SSSR count). The maximum atomic E-state index is 12.2. The first-order valence-electron chi connectivity index (χ1n) is 6.82. The van der Waals surface area contributed by atoms with Gasteiger partial charge in [-0.25, -0.2) is 0 Å². The lowest BCUT2D eigenvalue weighted by Crippen LogP contribution is -2.27. The average molecular weight is 289 g/mol. The number of nitro groups is 1. The SMILES string of the molecule is COc1ccc(C2C3=C(CCCC3=O)OC2[N+](=O)[O-])cc1. The number of benzene rings is 1. The fraction of sp³-hybridized carbons (Fsp3) is 0.400. The van der Waals surface area contributed by atoms with Gasteiger partial charge in [0.25, 0.3) is 0 Å². The Morgan fingerprint density at radius 2 is 2.00 bits per heavy atom. The highest BCUT2D eigenvalue weighted by Gasteiger charge is 2.48. The zero-order valence-corrected chi connectivity index (χ0v) is 11.6. The second-order valence-corrected chi connectivity index (χ2v) is 5.16. The van der Waals surface area contributed by atoms with Gasteiger partial charge in [-0.05, 0) is 24.1 Å². The molecule has 1 heterocycles. The molecule has 0 amide bonds. The van der Waals surface area contributed by atoms with E-state index in [0.717, 1.165) is 0 Å². The smallest absolute Gasteiger partial charge is 0.364 e. The van der Waals surface area contributed by atoms with Gasteiger partial charge in [0.05, 0.1) is 17.6 Å². The van der Waals surface area contributed by atoms with E-state index in [9.17, 15) is 14.9 Å². The lowest BCUT2D eigenvalue weighted by atomic mass is 9.84. The number of methoxy groups -OCH3 is 1. The van der Waals surface area contributed by atoms with Crippen molar-refractivity contribution in [2.45, 2.75) is 31.4 Å². The quantitative estimate of drug-likeness (QED) is 0.630. The summed E-state index contributed by atoms with van der Waals surface area (Å²) in [5, 5.41) is 11.3. The predicted molar refractivity (Wildman–Crippen MR) is 73.5 cm³/mol. The number of rotatable bonds is 3. The summed E-state index contributed by atoms with van der Waals surface area (Å²) in [6, 6.07) is 6.97. The zero-order chi connectivity index (χ0) is 15.0. The number of carbonyl (C=O) groups excluding carboxylic acids is 1. The lowest BCUT2D eigenvalue weighted by molar-refractivity contribution is -0.570. The second kappa shape index (κ2) is 5.20. The molecule has 0 saturated heterocycles. The van der Waals surface area contributed by atoms with Crippen molar-refractivity contribution >= 4 is 5.78 Å². The lowest BCUT2D eigenvalue weighted by Gasteiger charge is -2.16. The highest BCUT2D eigenvalue weighted by Crippen LogP contribution is 2.44. The molecule has 2 unspecified atom stereocenters. The summed E-state index contributed by atoms with van der Waals surface area (Å²) in [7, 11) is 1.55. The molecule has 2 atom stereocenters. The summed E-state index contributed by atoms with van der Waals surface area (Å²) in [5.41, 5.74) is 1.19. The number of carbonyl (C=O) groups is 1. The normalized spacial score (nSPS) is 24.5. The molecule has 6 heteroatoms. The van der Waals surface area contributed by atoms with E-state index in [0.29, 0.717) is 41.9 Å². The van der Waals surface area contributed by atoms with E-state index >= 15 is 0 Å². The summed E-state index contributed by atoms with van der Waals surface area (Å²) in [4.78, 5) is 23.0. The van der Waals surface area contributed by atoms with E-state index in [-0.39, 0.29) is 5.78 Å². The van der Waals surface area contributed by atoms with Crippen LogP contribution in [0.5, 0.6) is 5.75 Å². The topological polar surface area (TPSA) is 78.7 Å². The van der Waals surface area contributed by atoms with Gasteiger partial charge >= 0.3 is 6.23 Å². The Bertz CT molecular complexity index is 619. The number of hydrogen-bond donors (Lipinski definition) is 0. The molecule has 1 aliphatic carbocycles. The molecule has 2 aliphatic rings. The van der Waals surface area contributed by atoms with Gasteiger partial charge in [-0.15, -0.1) is 0 Å². The van der Waals surface area contributed by atoms with Gasteiger partial charge in [0.15, 0.2) is 5.78 Å². The number of ether oxygens (including phenoxy) is 2. The fourth-order valence-electron chi connectivity index (χ4n) is 2.97. The number of nitrogens with zero attached hydrogens (tertiary/aromatic N) is 1. The van der Waals surface area contributed by atoms with Crippen LogP contribution in [0.1, 0.15) is 30.7 Å². The predicted octanol–water partition coefficient (Wildman–Crippen LogP) is 2.42. The molecule has 0 radical (unpaired) electrons. The van der Waals surface area contributed by atoms with Crippen molar-refractivity contribution in [3.05, 3.63) is 51.3 Å². The van der Waals surface area contributed by atoms with Gasteiger partial charge in [-0.3, -0.25) is 14.9 Å². The molecule has 21 heavy (non-hydrogen) atoms. The minimum absolute atomic E-state index is 0.0404. The maximum absolute atomic E-state index is 12.2. The van der Waals surface area contributed by atoms with Crippen LogP contribution in [-0.2, 0) is 9.53 Å². The van der Waals surface area contributed by atoms with E-state index in [2.05, 4.69) is 0 Å². The third kappa shape index (κ3) is 2.26. The summed E-state index contributed by atoms with van der Waals surface area (Å²) < 4.78 is 10.5. The molecule has 0 aromatic heterocycles. The van der Waals surface area contributed by atoms with Crippen molar-refractivity contribution < 1.29 is 19.2 Å². The van der Waals surface area contributed by atoms with Crippen LogP contribution in [0.15, 0.2) is 35.6 Å². The van der Waals surface area contributed by atoms with Gasteiger partial charge in [0.2, 0.25) is 0 Å². The minimum Gasteiger partial charge on any atom is -0.497 e. The standard InChI is InChI=1S/C15H15NO5/c1-20-10-7-5-9(6-8-10)13-14-11(17)3-2-4-12(14)21-15(13)16(18)19/h5-8,13,15H,2-4H2,1H3. The van der Waals surface area contributed by atoms with Crippen molar-refractivity contribution in [2.75, 3.05) is 7.11 Å². The van der Waals surface area contributed by atoms with Gasteiger partial charge in [0.1, 0.15) is 17.4 Å². The molecule has 0 N–H and O–H groups in total. The number of Topliss-reactive ketones (excluding diaryl/α,β-unsaturated/α-hetero) is 1. The molecule has 6 nitrogen and oxygen atoms in total. The Balaban J connectivity index is 2.03. The number of allylic oxidation sites excluding steroid dienone is 1. The maximum Gasteiger partial charge on any atom is 0.364 e. The third-order valence-electron chi connectivity index (χ3n) is 3.95. The highest BCUT2D eigenvalue weighted by atomic mass is 16.7. The first-order valence-corrected chi connectivity index (χ1v) is 6.82. The Hall–Kier alpha value is -2.37. The summed E-state index contributed by atoms with van der Waals surface area (Å²) in [6.45, 7) is 0. The van der Waals surface area contributed by atoms with Gasteiger partial charge in [-0.1, -0.05) is 12.1 Å². The second-order valence-electron chi connectivity index (χ2n) is 5.16. The van der Waals surface area contributed by atoms with Crippen molar-refractivity contribution in [3.63, 3.8) is 0 Å². The molecule has 0 bridgehead atoms. The monoisotopic (exact) mass is 289 g/mol. The minimum atomic E-state index is -1.22. The molecule has 1 aromatic rings. The molecular formula is C15H15NO5. The Kier molecular flexibility index (Phi) is 3.37. The van der Waals surface area contributed by atoms with Crippen LogP contribution in [0.4, 0.5) is 0 Å². The van der Waals surface area contributed by atoms with Crippen molar-refractivity contribution in [1.82, 2.24) is 0 Å². The van der Waals surface area contributed by atoms with Crippen molar-refractivity contribution in [3.8, 4) is 5.75 Å². The fourth-order valence-corrected chi connectivity index (χ4v) is 2.97. The van der Waals surface area contributed by atoms with Crippen LogP contribution < -0.4 is 4.74 Å². The molecule has 1 aliphatic heterocycles. The molecule has 110 valence electrons. The molecule has 0 fully saturated rings. The Morgan fingerprint density at radius 1 is 1.29 bits per heavy atom.